The van der Waals surface area contributed by atoms with Crippen molar-refractivity contribution in [1.29, 1.82) is 0 Å². The Morgan fingerprint density at radius 2 is 1.48 bits per heavy atom. The largest absolute Gasteiger partial charge is 0.354 e. The molecule has 5 saturated heterocycles. The zero-order valence-corrected chi connectivity index (χ0v) is 27.4. The second kappa shape index (κ2) is 8.49. The van der Waals surface area contributed by atoms with Crippen molar-refractivity contribution in [2.24, 2.45) is 29.6 Å². The molecule has 2 saturated carbocycles. The van der Waals surface area contributed by atoms with Crippen LogP contribution in [-0.2, 0) is 14.9 Å². The molecule has 8 aliphatic heterocycles. The number of benzene rings is 2. The molecule has 0 aromatic heterocycles. The van der Waals surface area contributed by atoms with Crippen molar-refractivity contribution in [2.45, 2.75) is 67.7 Å². The lowest BCUT2D eigenvalue weighted by atomic mass is 9.53. The number of piperidine rings is 2. The Morgan fingerprint density at radius 3 is 2.30 bits per heavy atom. The van der Waals surface area contributed by atoms with Gasteiger partial charge in [0.2, 0.25) is 0 Å². The number of hydrogen-bond acceptors (Lipinski definition) is 4. The summed E-state index contributed by atoms with van der Waals surface area (Å²) in [6.45, 7) is 6.48. The molecule has 2 aliphatic carbocycles. The number of rotatable bonds is 1. The van der Waals surface area contributed by atoms with Crippen molar-refractivity contribution in [3.05, 3.63) is 83.5 Å². The molecular formula is C40H48N4O2+2. The van der Waals surface area contributed by atoms with Crippen LogP contribution < -0.4 is 9.80 Å². The summed E-state index contributed by atoms with van der Waals surface area (Å²) in [6.07, 6.45) is 10.4. The predicted molar refractivity (Wildman–Crippen MR) is 178 cm³/mol. The van der Waals surface area contributed by atoms with Crippen LogP contribution in [0.15, 0.2) is 77.9 Å². The van der Waals surface area contributed by atoms with Crippen LogP contribution >= 0.6 is 0 Å². The van der Waals surface area contributed by atoms with Crippen molar-refractivity contribution in [3.63, 3.8) is 0 Å². The third kappa shape index (κ3) is 2.86. The summed E-state index contributed by atoms with van der Waals surface area (Å²) >= 11 is 0. The fraction of sp³-hybridized carbons (Fsp3) is 0.600. The summed E-state index contributed by atoms with van der Waals surface area (Å²) in [5, 5.41) is 0. The van der Waals surface area contributed by atoms with Gasteiger partial charge in [0.1, 0.15) is 31.6 Å². The van der Waals surface area contributed by atoms with Crippen molar-refractivity contribution < 1.29 is 18.4 Å². The van der Waals surface area contributed by atoms with Gasteiger partial charge in [0, 0.05) is 72.7 Å². The van der Waals surface area contributed by atoms with E-state index < -0.39 is 0 Å². The lowest BCUT2D eigenvalue weighted by Crippen LogP contribution is -2.77. The standard InChI is InChI=1S/C40H48N4O2/c1-43-16-12-27-32(43)20-28-24(22-43)13-18-45-38-34(28)36(27)41(26-8-4-3-5-9-26)39-35-29-21-33-40(15-17-44(33,2)23-25(29)14-19-46-39)30-10-6-7-11-31(30)42(38)37(35)40/h3-11,13-14,27-29,32-39H,12,15-23H2,1-2H3/q+2. The zero-order chi connectivity index (χ0) is 30.2. The molecule has 14 unspecified atom stereocenters. The van der Waals surface area contributed by atoms with Crippen LogP contribution in [0.2, 0.25) is 0 Å². The third-order valence-corrected chi connectivity index (χ3v) is 16.1. The van der Waals surface area contributed by atoms with Gasteiger partial charge in [-0.05, 0) is 34.9 Å². The Morgan fingerprint density at radius 1 is 0.761 bits per heavy atom. The molecule has 2 aromatic carbocycles. The lowest BCUT2D eigenvalue weighted by Gasteiger charge is -2.65. The quantitative estimate of drug-likeness (QED) is 0.336. The zero-order valence-electron chi connectivity index (χ0n) is 27.4. The van der Waals surface area contributed by atoms with E-state index in [-0.39, 0.29) is 17.9 Å². The van der Waals surface area contributed by atoms with E-state index in [0.717, 1.165) is 19.3 Å². The minimum absolute atomic E-state index is 0.0538. The number of quaternary nitrogens is 2. The van der Waals surface area contributed by atoms with Gasteiger partial charge in [-0.3, -0.25) is 0 Å². The van der Waals surface area contributed by atoms with Gasteiger partial charge < -0.3 is 28.2 Å². The van der Waals surface area contributed by atoms with Crippen molar-refractivity contribution >= 4 is 11.4 Å². The average Bonchev–Trinajstić information content (AvgIpc) is 3.58. The summed E-state index contributed by atoms with van der Waals surface area (Å²) < 4.78 is 17.3. The number of anilines is 2. The molecule has 12 rings (SSSR count). The first-order valence-electron chi connectivity index (χ1n) is 18.5. The number of likely N-dealkylation sites (N-methyl/N-ethyl adjacent to an activating group) is 2. The van der Waals surface area contributed by atoms with Gasteiger partial charge in [0.15, 0.2) is 0 Å². The van der Waals surface area contributed by atoms with Crippen LogP contribution in [0.25, 0.3) is 0 Å². The maximum Gasteiger partial charge on any atom is 0.136 e. The summed E-state index contributed by atoms with van der Waals surface area (Å²) in [5.74, 6) is 2.59. The van der Waals surface area contributed by atoms with Gasteiger partial charge in [0.25, 0.3) is 0 Å². The molecule has 7 fully saturated rings. The summed E-state index contributed by atoms with van der Waals surface area (Å²) in [7, 11) is 5.17. The Labute approximate surface area is 273 Å². The first-order chi connectivity index (χ1) is 22.5. The van der Waals surface area contributed by atoms with Crippen LogP contribution in [0, 0.1) is 29.6 Å². The van der Waals surface area contributed by atoms with Crippen molar-refractivity contribution in [2.75, 3.05) is 63.3 Å². The maximum atomic E-state index is 7.43. The van der Waals surface area contributed by atoms with Crippen molar-refractivity contribution in [1.82, 2.24) is 0 Å². The van der Waals surface area contributed by atoms with E-state index in [9.17, 15) is 0 Å². The van der Waals surface area contributed by atoms with Crippen LogP contribution in [0.1, 0.15) is 31.2 Å². The summed E-state index contributed by atoms with van der Waals surface area (Å²) in [4.78, 5) is 5.90. The van der Waals surface area contributed by atoms with E-state index in [2.05, 4.69) is 90.6 Å². The van der Waals surface area contributed by atoms with Crippen LogP contribution in [0.5, 0.6) is 0 Å². The third-order valence-electron chi connectivity index (χ3n) is 16.1. The fourth-order valence-electron chi connectivity index (χ4n) is 14.7. The number of para-hydroxylation sites is 2. The molecule has 4 bridgehead atoms. The molecule has 0 radical (unpaired) electrons. The van der Waals surface area contributed by atoms with Gasteiger partial charge in [-0.2, -0.15) is 0 Å². The van der Waals surface area contributed by atoms with Crippen LogP contribution in [0.3, 0.4) is 0 Å². The number of ether oxygens (including phenoxy) is 2. The van der Waals surface area contributed by atoms with E-state index in [1.807, 2.05) is 0 Å². The highest BCUT2D eigenvalue weighted by atomic mass is 16.5. The molecule has 46 heavy (non-hydrogen) atoms. The Balaban J connectivity index is 1.17. The lowest BCUT2D eigenvalue weighted by molar-refractivity contribution is -0.925. The summed E-state index contributed by atoms with van der Waals surface area (Å²) in [5.41, 5.74) is 8.02. The molecule has 238 valence electrons. The van der Waals surface area contributed by atoms with Gasteiger partial charge >= 0.3 is 0 Å². The predicted octanol–water partition coefficient (Wildman–Crippen LogP) is 4.92. The highest BCUT2D eigenvalue weighted by Gasteiger charge is 2.77. The van der Waals surface area contributed by atoms with Gasteiger partial charge in [-0.25, -0.2) is 0 Å². The Hall–Kier alpha value is -2.64. The number of nitrogens with zero attached hydrogens (tertiary/aromatic N) is 4. The van der Waals surface area contributed by atoms with E-state index in [1.54, 1.807) is 16.7 Å². The van der Waals surface area contributed by atoms with Crippen LogP contribution in [-0.4, -0.2) is 99.1 Å². The monoisotopic (exact) mass is 616 g/mol. The Bertz CT molecular complexity index is 1720. The van der Waals surface area contributed by atoms with E-state index in [0.29, 0.717) is 47.7 Å². The highest BCUT2D eigenvalue weighted by Crippen LogP contribution is 2.69. The van der Waals surface area contributed by atoms with Gasteiger partial charge in [0.05, 0.1) is 57.9 Å². The maximum absolute atomic E-state index is 7.43. The van der Waals surface area contributed by atoms with E-state index >= 15 is 0 Å². The molecule has 10 aliphatic rings. The smallest absolute Gasteiger partial charge is 0.136 e. The first kappa shape index (κ1) is 26.3. The Kier molecular flexibility index (Phi) is 4.86. The second-order valence-corrected chi connectivity index (χ2v) is 17.5. The molecular weight excluding hydrogens is 568 g/mol. The van der Waals surface area contributed by atoms with Crippen LogP contribution in [0.4, 0.5) is 11.4 Å². The first-order valence-corrected chi connectivity index (χ1v) is 18.5. The van der Waals surface area contributed by atoms with Gasteiger partial charge in [-0.15, -0.1) is 0 Å². The minimum Gasteiger partial charge on any atom is -0.354 e. The molecule has 2 aromatic rings. The minimum atomic E-state index is 0.0538. The fourth-order valence-corrected chi connectivity index (χ4v) is 14.7. The molecule has 14 atom stereocenters. The number of hydrogen-bond donors (Lipinski definition) is 0. The molecule has 1 spiro atoms. The van der Waals surface area contributed by atoms with Gasteiger partial charge in [-0.1, -0.05) is 48.6 Å². The molecule has 6 nitrogen and oxygen atoms in total. The average molecular weight is 617 g/mol. The molecule has 0 N–H and O–H groups in total. The molecule has 8 heterocycles. The van der Waals surface area contributed by atoms with E-state index in [1.165, 1.54) is 72.2 Å². The van der Waals surface area contributed by atoms with E-state index in [4.69, 9.17) is 9.47 Å². The van der Waals surface area contributed by atoms with Crippen molar-refractivity contribution in [3.8, 4) is 0 Å². The molecule has 0 amide bonds. The SMILES string of the molecule is C[N+]12CCC3C4C5C(CC31)C(=CCOC5N1c3ccccc3C35CC[N+]6(C)CC7=CCOC(C(C7CC36)C15)N4c1ccccc1)C2. The topological polar surface area (TPSA) is 24.9 Å². The number of fused-ring (bicyclic) bond motifs is 4. The second-order valence-electron chi connectivity index (χ2n) is 17.5. The normalized spacial score (nSPS) is 51.3. The summed E-state index contributed by atoms with van der Waals surface area (Å²) in [6, 6.07) is 23.4. The highest BCUT2D eigenvalue weighted by molar-refractivity contribution is 5.68. The molecule has 6 heteroatoms.